The number of halogens is 1. The number of ether oxygens (including phenoxy) is 9. The van der Waals surface area contributed by atoms with Gasteiger partial charge in [0.1, 0.15) is 42.2 Å². The van der Waals surface area contributed by atoms with Gasteiger partial charge >= 0.3 is 23.1 Å². The first-order valence-electron chi connectivity index (χ1n) is 16.7. The molecule has 7 heterocycles. The number of nitrogens with zero attached hydrogens (tertiary/aromatic N) is 5. The summed E-state index contributed by atoms with van der Waals surface area (Å²) in [7, 11) is 3.08. The monoisotopic (exact) mass is 833 g/mol. The Bertz CT molecular complexity index is 1790. The molecule has 3 aliphatic rings. The van der Waals surface area contributed by atoms with E-state index in [9.17, 15) is 4.79 Å². The second-order valence-corrected chi connectivity index (χ2v) is 11.3. The number of methoxy groups -OCH3 is 2. The minimum atomic E-state index is -0.516. The van der Waals surface area contributed by atoms with Gasteiger partial charge in [0.15, 0.2) is 18.4 Å². The molecule has 0 aromatic carbocycles. The molecule has 55 heavy (non-hydrogen) atoms. The Hall–Kier alpha value is -3.99. The van der Waals surface area contributed by atoms with E-state index in [1.807, 2.05) is 12.1 Å². The summed E-state index contributed by atoms with van der Waals surface area (Å²) in [6, 6.07) is 12.6. The molecule has 0 unspecified atom stereocenters. The van der Waals surface area contributed by atoms with Crippen molar-refractivity contribution < 1.29 is 64.4 Å². The van der Waals surface area contributed by atoms with Crippen LogP contribution in [0.2, 0.25) is 0 Å². The van der Waals surface area contributed by atoms with Crippen molar-refractivity contribution in [3.8, 4) is 29.3 Å². The van der Waals surface area contributed by atoms with Gasteiger partial charge in [0, 0.05) is 55.8 Å². The fraction of sp³-hybridized carbons (Fsp3) is 0.395. The fourth-order valence-electron chi connectivity index (χ4n) is 5.13. The van der Waals surface area contributed by atoms with E-state index in [0.717, 1.165) is 13.2 Å². The predicted octanol–water partition coefficient (Wildman–Crippen LogP) is 2.16. The van der Waals surface area contributed by atoms with Crippen LogP contribution in [0.5, 0.6) is 23.3 Å². The minimum absolute atomic E-state index is 0. The van der Waals surface area contributed by atoms with Crippen molar-refractivity contribution in [3.05, 3.63) is 102 Å². The molecule has 4 aromatic rings. The molecule has 0 N–H and O–H groups in total. The van der Waals surface area contributed by atoms with Crippen molar-refractivity contribution in [1.29, 1.82) is 5.26 Å². The summed E-state index contributed by atoms with van der Waals surface area (Å²) in [6.07, 6.45) is 7.80. The molecule has 0 aliphatic carbocycles. The summed E-state index contributed by atoms with van der Waals surface area (Å²) in [5, 5.41) is 9.07. The van der Waals surface area contributed by atoms with E-state index < -0.39 is 12.6 Å². The van der Waals surface area contributed by atoms with Crippen LogP contribution in [-0.4, -0.2) is 103 Å². The number of hydrogen-bond acceptors (Lipinski definition) is 15. The van der Waals surface area contributed by atoms with Crippen LogP contribution in [0, 0.1) is 18.8 Å². The van der Waals surface area contributed by atoms with Crippen molar-refractivity contribution in [2.45, 2.75) is 45.6 Å². The summed E-state index contributed by atoms with van der Waals surface area (Å²) in [5.41, 5.74) is 3.55. The number of carbonyl (C=O) groups is 1. The Balaban J connectivity index is 0.000000321. The summed E-state index contributed by atoms with van der Waals surface area (Å²) in [6.45, 7) is 5.96. The average molecular weight is 835 g/mol. The second-order valence-electron chi connectivity index (χ2n) is 11.3. The molecule has 0 bridgehead atoms. The second kappa shape index (κ2) is 25.2. The van der Waals surface area contributed by atoms with Crippen LogP contribution in [-0.2, 0) is 36.9 Å². The summed E-state index contributed by atoms with van der Waals surface area (Å²) in [4.78, 5) is 28.1. The van der Waals surface area contributed by atoms with Gasteiger partial charge in [-0.15, -0.1) is 0 Å². The number of pyridine rings is 4. The maximum Gasteiger partial charge on any atom is 2.00 e. The van der Waals surface area contributed by atoms with Crippen LogP contribution in [0.1, 0.15) is 70.8 Å². The standard InChI is InChI=1S/C17H18N2O5.C16H15N3O4.C4H8O.CH3.BrH.Mg/c1-11(20)16-12(4-3-5-18-16)10-24-14-9-19-15(21-2)8-13(14)17-22-6-7-23-17;1-20-15-7-12(16-21-5-6-22-16)14(9-19-15)23-10-11-3-2-4-18-13(11)8-17;1-2-4-5-3-1;;;/h3-5,8-9,17H,6-7,10H2,1-2H3;2-4,7,9,16H,5-6,10H2,1H3;1-4H2;1H3;1H;/q;;;-1;;+2/p-1. The largest absolute Gasteiger partial charge is 2.00 e. The molecule has 290 valence electrons. The molecule has 0 atom stereocenters. The van der Waals surface area contributed by atoms with E-state index in [4.69, 9.17) is 47.9 Å². The molecule has 4 aromatic heterocycles. The summed E-state index contributed by atoms with van der Waals surface area (Å²) in [5.74, 6) is 1.82. The molecule has 0 amide bonds. The number of hydrogen-bond donors (Lipinski definition) is 0. The van der Waals surface area contributed by atoms with Crippen LogP contribution < -0.4 is 35.9 Å². The summed E-state index contributed by atoms with van der Waals surface area (Å²) >= 11 is 0. The molecular weight excluding hydrogens is 791 g/mol. The molecule has 0 radical (unpaired) electrons. The SMILES string of the molecule is C1CCOC1.COc1cc(C2OCCO2)c(OCc2cccnc2C#N)cn1.COc1cc(C2OCCO2)c(OCc2cccnc2C(C)=O)cn1.[Br-].[CH3-].[Mg+2]. The Labute approximate surface area is 347 Å². The molecule has 0 spiro atoms. The van der Waals surface area contributed by atoms with Crippen LogP contribution >= 0.6 is 0 Å². The van der Waals surface area contributed by atoms with Gasteiger partial charge in [-0.05, 0) is 25.0 Å². The Morgan fingerprint density at radius 2 is 1.24 bits per heavy atom. The third kappa shape index (κ3) is 13.9. The van der Waals surface area contributed by atoms with E-state index in [0.29, 0.717) is 83.3 Å². The zero-order valence-electron chi connectivity index (χ0n) is 31.4. The van der Waals surface area contributed by atoms with Crippen LogP contribution in [0.15, 0.2) is 61.2 Å². The molecule has 3 saturated heterocycles. The van der Waals surface area contributed by atoms with E-state index in [-0.39, 0.29) is 66.5 Å². The Morgan fingerprint density at radius 3 is 1.67 bits per heavy atom. The molecule has 3 fully saturated rings. The van der Waals surface area contributed by atoms with E-state index in [1.165, 1.54) is 34.0 Å². The molecule has 17 heteroatoms. The summed E-state index contributed by atoms with van der Waals surface area (Å²) < 4.78 is 49.0. The number of aromatic nitrogens is 4. The maximum atomic E-state index is 11.7. The number of Topliss-reactive ketones (excluding diaryl/α,β-unsaturated/α-hetero) is 1. The topological polar surface area (TPSA) is 175 Å². The first-order valence-corrected chi connectivity index (χ1v) is 16.7. The average Bonchev–Trinajstić information content (AvgIpc) is 4.03. The van der Waals surface area contributed by atoms with Crippen LogP contribution in [0.4, 0.5) is 0 Å². The first-order chi connectivity index (χ1) is 25.5. The molecule has 7 rings (SSSR count). The van der Waals surface area contributed by atoms with Crippen LogP contribution in [0.25, 0.3) is 0 Å². The van der Waals surface area contributed by atoms with Crippen molar-refractivity contribution >= 4 is 28.8 Å². The molecule has 15 nitrogen and oxygen atoms in total. The van der Waals surface area contributed by atoms with Crippen molar-refractivity contribution in [2.75, 3.05) is 53.9 Å². The molecular formula is C38H44BrMgN5O10. The maximum absolute atomic E-state index is 11.7. The number of carbonyl (C=O) groups excluding carboxylic acids is 1. The fourth-order valence-corrected chi connectivity index (χ4v) is 5.13. The van der Waals surface area contributed by atoms with Gasteiger partial charge in [-0.1, -0.05) is 12.1 Å². The number of nitriles is 1. The van der Waals surface area contributed by atoms with Crippen LogP contribution in [0.3, 0.4) is 0 Å². The van der Waals surface area contributed by atoms with Gasteiger partial charge in [0.2, 0.25) is 11.8 Å². The van der Waals surface area contributed by atoms with E-state index >= 15 is 0 Å². The van der Waals surface area contributed by atoms with Gasteiger partial charge in [-0.2, -0.15) is 5.26 Å². The smallest absolute Gasteiger partial charge is 1.00 e. The van der Waals surface area contributed by atoms with E-state index in [2.05, 4.69) is 19.9 Å². The zero-order valence-corrected chi connectivity index (χ0v) is 34.4. The minimum Gasteiger partial charge on any atom is -1.00 e. The van der Waals surface area contributed by atoms with Gasteiger partial charge < -0.3 is 67.0 Å². The van der Waals surface area contributed by atoms with E-state index in [1.54, 1.807) is 55.1 Å². The quantitative estimate of drug-likeness (QED) is 0.122. The van der Waals surface area contributed by atoms with Gasteiger partial charge in [-0.25, -0.2) is 15.0 Å². The van der Waals surface area contributed by atoms with Gasteiger partial charge in [-0.3, -0.25) is 9.78 Å². The number of rotatable bonds is 11. The van der Waals surface area contributed by atoms with Crippen molar-refractivity contribution in [3.63, 3.8) is 0 Å². The predicted molar refractivity (Wildman–Crippen MR) is 195 cm³/mol. The normalized spacial score (nSPS) is 14.6. The van der Waals surface area contributed by atoms with Gasteiger partial charge in [0.25, 0.3) is 0 Å². The zero-order chi connectivity index (χ0) is 36.5. The third-order valence-corrected chi connectivity index (χ3v) is 7.73. The molecule has 0 saturated carbocycles. The van der Waals surface area contributed by atoms with Crippen molar-refractivity contribution in [1.82, 2.24) is 19.9 Å². The Kier molecular flexibility index (Phi) is 21.6. The third-order valence-electron chi connectivity index (χ3n) is 7.73. The molecule has 3 aliphatic heterocycles. The Morgan fingerprint density at radius 1 is 0.764 bits per heavy atom. The van der Waals surface area contributed by atoms with Crippen molar-refractivity contribution in [2.24, 2.45) is 0 Å². The van der Waals surface area contributed by atoms with Gasteiger partial charge in [0.05, 0.1) is 64.2 Å². The number of ketones is 1. The first kappa shape index (κ1) is 47.2.